The van der Waals surface area contributed by atoms with Gasteiger partial charge < -0.3 is 10.2 Å². The molecule has 0 radical (unpaired) electrons. The molecule has 3 heteroatoms. The number of nitrogens with one attached hydrogen (secondary N) is 2. The molecule has 0 spiro atoms. The highest BCUT2D eigenvalue weighted by Gasteiger charge is 2.48. The van der Waals surface area contributed by atoms with Crippen molar-refractivity contribution < 1.29 is 0 Å². The summed E-state index contributed by atoms with van der Waals surface area (Å²) in [4.78, 5) is 2.01. The van der Waals surface area contributed by atoms with Crippen LogP contribution in [0.2, 0.25) is 0 Å². The Labute approximate surface area is 81.0 Å². The van der Waals surface area contributed by atoms with E-state index >= 15 is 0 Å². The summed E-state index contributed by atoms with van der Waals surface area (Å²) in [6.45, 7) is 11.0. The first-order valence-corrected chi connectivity index (χ1v) is 4.80. The summed E-state index contributed by atoms with van der Waals surface area (Å²) in [7, 11) is 1.98. The van der Waals surface area contributed by atoms with E-state index in [1.54, 1.807) is 0 Å². The second-order valence-electron chi connectivity index (χ2n) is 5.05. The summed E-state index contributed by atoms with van der Waals surface area (Å²) in [6.07, 6.45) is 0. The van der Waals surface area contributed by atoms with Crippen molar-refractivity contribution in [2.24, 2.45) is 5.41 Å². The first-order chi connectivity index (χ1) is 5.71. The van der Waals surface area contributed by atoms with Gasteiger partial charge in [0.1, 0.15) is 0 Å². The molecular weight excluding hydrogens is 162 g/mol. The molecule has 0 amide bonds. The Hall–Kier alpha value is -0.730. The van der Waals surface area contributed by atoms with Crippen molar-refractivity contribution in [2.75, 3.05) is 7.05 Å². The lowest BCUT2D eigenvalue weighted by Gasteiger charge is -2.56. The lowest BCUT2D eigenvalue weighted by Crippen LogP contribution is -2.69. The predicted octanol–water partition coefficient (Wildman–Crippen LogP) is 1.65. The van der Waals surface area contributed by atoms with Crippen molar-refractivity contribution in [3.05, 3.63) is 0 Å². The molecule has 1 aliphatic heterocycles. The maximum Gasteiger partial charge on any atom is 0.191 e. The van der Waals surface area contributed by atoms with Crippen molar-refractivity contribution in [1.29, 1.82) is 5.41 Å². The highest BCUT2D eigenvalue weighted by atomic mass is 15.3. The molecule has 0 saturated carbocycles. The summed E-state index contributed by atoms with van der Waals surface area (Å²) in [6, 6.07) is 0.339. The van der Waals surface area contributed by atoms with Gasteiger partial charge >= 0.3 is 0 Å². The van der Waals surface area contributed by atoms with Crippen LogP contribution in [0.3, 0.4) is 0 Å². The molecule has 13 heavy (non-hydrogen) atoms. The molecule has 1 fully saturated rings. The standard InChI is InChI=1S/C10H21N3/c1-7-9(2,3)10(4,5)13(6)8(11)12-7/h7H,1-6H3,(H2,11,12)/t7-/m0/s1. The van der Waals surface area contributed by atoms with Crippen molar-refractivity contribution >= 4 is 5.96 Å². The van der Waals surface area contributed by atoms with Gasteiger partial charge in [-0.25, -0.2) is 0 Å². The van der Waals surface area contributed by atoms with Crippen molar-refractivity contribution in [3.8, 4) is 0 Å². The normalized spacial score (nSPS) is 31.4. The molecule has 1 saturated heterocycles. The van der Waals surface area contributed by atoms with Crippen LogP contribution in [0, 0.1) is 10.8 Å². The van der Waals surface area contributed by atoms with E-state index in [9.17, 15) is 0 Å². The fourth-order valence-electron chi connectivity index (χ4n) is 1.72. The molecule has 0 aliphatic carbocycles. The first-order valence-electron chi connectivity index (χ1n) is 4.80. The predicted molar refractivity (Wildman–Crippen MR) is 55.9 cm³/mol. The maximum absolute atomic E-state index is 7.77. The number of hydrogen-bond acceptors (Lipinski definition) is 1. The lowest BCUT2D eigenvalue weighted by atomic mass is 9.67. The second-order valence-corrected chi connectivity index (χ2v) is 5.05. The van der Waals surface area contributed by atoms with Crippen molar-refractivity contribution in [2.45, 2.75) is 46.2 Å². The molecule has 2 N–H and O–H groups in total. The summed E-state index contributed by atoms with van der Waals surface area (Å²) >= 11 is 0. The third-order valence-electron chi connectivity index (χ3n) is 4.19. The monoisotopic (exact) mass is 183 g/mol. The van der Waals surface area contributed by atoms with Gasteiger partial charge in [-0.15, -0.1) is 0 Å². The van der Waals surface area contributed by atoms with Crippen LogP contribution in [-0.2, 0) is 0 Å². The van der Waals surface area contributed by atoms with E-state index < -0.39 is 0 Å². The van der Waals surface area contributed by atoms with Crippen LogP contribution >= 0.6 is 0 Å². The molecule has 0 unspecified atom stereocenters. The zero-order valence-corrected chi connectivity index (χ0v) is 9.52. The quantitative estimate of drug-likeness (QED) is 0.599. The van der Waals surface area contributed by atoms with E-state index in [0.717, 1.165) is 0 Å². The molecule has 76 valence electrons. The Balaban J connectivity index is 3.07. The van der Waals surface area contributed by atoms with Crippen LogP contribution in [0.25, 0.3) is 0 Å². The van der Waals surface area contributed by atoms with E-state index in [1.165, 1.54) is 0 Å². The van der Waals surface area contributed by atoms with Gasteiger partial charge in [0.25, 0.3) is 0 Å². The number of hydrogen-bond donors (Lipinski definition) is 2. The molecule has 0 aromatic rings. The minimum absolute atomic E-state index is 0.0226. The summed E-state index contributed by atoms with van der Waals surface area (Å²) in [5, 5.41) is 11.0. The highest BCUT2D eigenvalue weighted by molar-refractivity contribution is 5.78. The van der Waals surface area contributed by atoms with Crippen LogP contribution in [0.1, 0.15) is 34.6 Å². The Morgan fingerprint density at radius 1 is 1.31 bits per heavy atom. The number of guanidine groups is 1. The van der Waals surface area contributed by atoms with Gasteiger partial charge in [-0.2, -0.15) is 0 Å². The van der Waals surface area contributed by atoms with E-state index in [4.69, 9.17) is 5.41 Å². The third-order valence-corrected chi connectivity index (χ3v) is 4.19. The van der Waals surface area contributed by atoms with Crippen LogP contribution in [0.4, 0.5) is 0 Å². The second kappa shape index (κ2) is 2.63. The number of nitrogens with zero attached hydrogens (tertiary/aromatic N) is 1. The molecule has 1 rings (SSSR count). The molecule has 0 aromatic carbocycles. The Kier molecular flexibility index (Phi) is 2.09. The summed E-state index contributed by atoms with van der Waals surface area (Å²) in [5.74, 6) is 0.525. The Morgan fingerprint density at radius 2 is 1.77 bits per heavy atom. The fraction of sp³-hybridized carbons (Fsp3) is 0.900. The SMILES string of the molecule is C[C@@H]1NC(=N)N(C)C(C)(C)C1(C)C. The van der Waals surface area contributed by atoms with E-state index in [2.05, 4.69) is 39.9 Å². The molecule has 0 bridgehead atoms. The maximum atomic E-state index is 7.77. The van der Waals surface area contributed by atoms with Gasteiger partial charge in [0, 0.05) is 24.0 Å². The molecule has 1 atom stereocenters. The summed E-state index contributed by atoms with van der Waals surface area (Å²) in [5.41, 5.74) is 0.182. The Morgan fingerprint density at radius 3 is 2.23 bits per heavy atom. The first kappa shape index (κ1) is 10.4. The van der Waals surface area contributed by atoms with Crippen LogP contribution < -0.4 is 5.32 Å². The average Bonchev–Trinajstić information content (AvgIpc) is 2.00. The smallest absolute Gasteiger partial charge is 0.191 e. The van der Waals surface area contributed by atoms with Gasteiger partial charge in [0.05, 0.1) is 0 Å². The highest BCUT2D eigenvalue weighted by Crippen LogP contribution is 2.40. The van der Waals surface area contributed by atoms with Crippen LogP contribution in [-0.4, -0.2) is 29.5 Å². The van der Waals surface area contributed by atoms with Crippen molar-refractivity contribution in [3.63, 3.8) is 0 Å². The van der Waals surface area contributed by atoms with Gasteiger partial charge in [0.15, 0.2) is 5.96 Å². The largest absolute Gasteiger partial charge is 0.353 e. The minimum Gasteiger partial charge on any atom is -0.353 e. The fourth-order valence-corrected chi connectivity index (χ4v) is 1.72. The molecule has 1 aliphatic rings. The van der Waals surface area contributed by atoms with E-state index in [-0.39, 0.29) is 11.0 Å². The molecule has 0 aromatic heterocycles. The van der Waals surface area contributed by atoms with E-state index in [0.29, 0.717) is 12.0 Å². The molecule has 3 nitrogen and oxygen atoms in total. The average molecular weight is 183 g/mol. The van der Waals surface area contributed by atoms with Gasteiger partial charge in [0.2, 0.25) is 0 Å². The zero-order valence-electron chi connectivity index (χ0n) is 9.52. The van der Waals surface area contributed by atoms with Gasteiger partial charge in [-0.05, 0) is 20.8 Å². The van der Waals surface area contributed by atoms with Crippen LogP contribution in [0.5, 0.6) is 0 Å². The zero-order chi connectivity index (χ0) is 10.4. The van der Waals surface area contributed by atoms with E-state index in [1.807, 2.05) is 11.9 Å². The summed E-state index contributed by atoms with van der Waals surface area (Å²) < 4.78 is 0. The lowest BCUT2D eigenvalue weighted by molar-refractivity contribution is 0.0273. The topological polar surface area (TPSA) is 39.1 Å². The van der Waals surface area contributed by atoms with Gasteiger partial charge in [-0.1, -0.05) is 13.8 Å². The third kappa shape index (κ3) is 1.21. The van der Waals surface area contributed by atoms with Crippen LogP contribution in [0.15, 0.2) is 0 Å². The molecule has 1 heterocycles. The Bertz CT molecular complexity index is 230. The number of rotatable bonds is 0. The molecular formula is C10H21N3. The van der Waals surface area contributed by atoms with Gasteiger partial charge in [-0.3, -0.25) is 5.41 Å². The minimum atomic E-state index is 0.0226. The van der Waals surface area contributed by atoms with Crippen molar-refractivity contribution in [1.82, 2.24) is 10.2 Å².